The van der Waals surface area contributed by atoms with E-state index in [2.05, 4.69) is 7.05 Å². The van der Waals surface area contributed by atoms with Gasteiger partial charge in [0, 0.05) is 0 Å². The third-order valence-corrected chi connectivity index (χ3v) is 1.44. The Morgan fingerprint density at radius 1 is 1.25 bits per heavy atom. The molecule has 1 rings (SSSR count). The van der Waals surface area contributed by atoms with Crippen molar-refractivity contribution in [1.82, 2.24) is 0 Å². The van der Waals surface area contributed by atoms with Gasteiger partial charge in [-0.15, -0.1) is 0 Å². The molecule has 0 bridgehead atoms. The molecule has 48 valence electrons. The lowest BCUT2D eigenvalue weighted by Crippen LogP contribution is -3.05. The molecule has 1 heterocycles. The zero-order chi connectivity index (χ0) is 6.15. The number of likely N-dealkylation sites (tertiary alicyclic amines) is 1. The molecule has 0 aliphatic carbocycles. The summed E-state index contributed by atoms with van der Waals surface area (Å²) >= 11 is 0. The van der Waals surface area contributed by atoms with Crippen LogP contribution in [0.1, 0.15) is 0 Å². The summed E-state index contributed by atoms with van der Waals surface area (Å²) in [5.41, 5.74) is 0. The Hall–Kier alpha value is -0.120. The van der Waals surface area contributed by atoms with E-state index in [0.29, 0.717) is 13.1 Å². The van der Waals surface area contributed by atoms with Crippen LogP contribution in [0.2, 0.25) is 0 Å². The van der Waals surface area contributed by atoms with Crippen molar-refractivity contribution in [2.45, 2.75) is 12.2 Å². The summed E-state index contributed by atoms with van der Waals surface area (Å²) in [6.45, 7) is 1.14. The highest BCUT2D eigenvalue weighted by molar-refractivity contribution is 4.69. The van der Waals surface area contributed by atoms with Gasteiger partial charge < -0.3 is 15.1 Å². The van der Waals surface area contributed by atoms with E-state index in [4.69, 9.17) is 10.2 Å². The Kier molecular flexibility index (Phi) is 1.51. The molecule has 8 heavy (non-hydrogen) atoms. The van der Waals surface area contributed by atoms with Gasteiger partial charge >= 0.3 is 0 Å². The SMILES string of the molecule is [CH2-][NH+]1C[C@@H](O)[C@@H](O)C1. The van der Waals surface area contributed by atoms with E-state index in [9.17, 15) is 0 Å². The van der Waals surface area contributed by atoms with Crippen LogP contribution in [0.25, 0.3) is 0 Å². The van der Waals surface area contributed by atoms with Crippen LogP contribution in [0.4, 0.5) is 0 Å². The van der Waals surface area contributed by atoms with Crippen molar-refractivity contribution in [1.29, 1.82) is 0 Å². The van der Waals surface area contributed by atoms with Crippen LogP contribution in [0, 0.1) is 7.05 Å². The summed E-state index contributed by atoms with van der Waals surface area (Å²) in [7, 11) is 3.64. The van der Waals surface area contributed by atoms with E-state index in [1.807, 2.05) is 0 Å². The minimum Gasteiger partial charge on any atom is -0.463 e. The molecule has 0 radical (unpaired) electrons. The van der Waals surface area contributed by atoms with E-state index < -0.39 is 12.2 Å². The number of rotatable bonds is 0. The Balaban J connectivity index is 2.39. The van der Waals surface area contributed by atoms with Gasteiger partial charge in [-0.1, -0.05) is 0 Å². The number of aliphatic hydroxyl groups excluding tert-OH is 2. The minimum atomic E-state index is -0.553. The lowest BCUT2D eigenvalue weighted by molar-refractivity contribution is -0.842. The lowest BCUT2D eigenvalue weighted by Gasteiger charge is -2.09. The van der Waals surface area contributed by atoms with Gasteiger partial charge in [0.25, 0.3) is 0 Å². The van der Waals surface area contributed by atoms with E-state index in [1.165, 1.54) is 0 Å². The molecule has 1 aliphatic heterocycles. The predicted molar refractivity (Wildman–Crippen MR) is 28.1 cm³/mol. The third kappa shape index (κ3) is 0.992. The summed E-state index contributed by atoms with van der Waals surface area (Å²) < 4.78 is 0. The molecule has 0 saturated carbocycles. The van der Waals surface area contributed by atoms with Crippen molar-refractivity contribution in [2.75, 3.05) is 13.1 Å². The van der Waals surface area contributed by atoms with Crippen molar-refractivity contribution < 1.29 is 15.1 Å². The first-order valence-corrected chi connectivity index (χ1v) is 2.73. The van der Waals surface area contributed by atoms with Gasteiger partial charge in [-0.2, -0.15) is 7.05 Å². The Labute approximate surface area is 48.5 Å². The number of aliphatic hydroxyl groups is 2. The average Bonchev–Trinajstić information content (AvgIpc) is 1.85. The van der Waals surface area contributed by atoms with Crippen LogP contribution in [-0.2, 0) is 0 Å². The van der Waals surface area contributed by atoms with Crippen LogP contribution < -0.4 is 4.90 Å². The van der Waals surface area contributed by atoms with E-state index in [0.717, 1.165) is 4.90 Å². The summed E-state index contributed by atoms with van der Waals surface area (Å²) in [4.78, 5) is 0.949. The molecule has 0 amide bonds. The first-order valence-electron chi connectivity index (χ1n) is 2.73. The summed E-state index contributed by atoms with van der Waals surface area (Å²) in [6.07, 6.45) is -1.11. The van der Waals surface area contributed by atoms with Crippen LogP contribution in [-0.4, -0.2) is 35.5 Å². The Bertz CT molecular complexity index is 76.5. The van der Waals surface area contributed by atoms with Gasteiger partial charge in [-0.3, -0.25) is 0 Å². The van der Waals surface area contributed by atoms with Crippen molar-refractivity contribution in [3.05, 3.63) is 7.05 Å². The largest absolute Gasteiger partial charge is 0.463 e. The van der Waals surface area contributed by atoms with E-state index in [1.54, 1.807) is 0 Å². The van der Waals surface area contributed by atoms with Crippen LogP contribution in [0.15, 0.2) is 0 Å². The van der Waals surface area contributed by atoms with Crippen molar-refractivity contribution in [3.63, 3.8) is 0 Å². The fourth-order valence-corrected chi connectivity index (χ4v) is 0.947. The van der Waals surface area contributed by atoms with Crippen LogP contribution >= 0.6 is 0 Å². The predicted octanol–water partition coefficient (Wildman–Crippen LogP) is -2.60. The van der Waals surface area contributed by atoms with Gasteiger partial charge in [-0.25, -0.2) is 0 Å². The maximum Gasteiger partial charge on any atom is 0.132 e. The van der Waals surface area contributed by atoms with Gasteiger partial charge in [0.05, 0.1) is 13.1 Å². The minimum absolute atomic E-state index is 0.553. The van der Waals surface area contributed by atoms with Crippen LogP contribution in [0.3, 0.4) is 0 Å². The molecule has 1 fully saturated rings. The molecule has 0 spiro atoms. The van der Waals surface area contributed by atoms with Crippen molar-refractivity contribution >= 4 is 0 Å². The highest BCUT2D eigenvalue weighted by Crippen LogP contribution is 1.91. The second kappa shape index (κ2) is 2.01. The fraction of sp³-hybridized carbons (Fsp3) is 0.800. The maximum atomic E-state index is 8.86. The summed E-state index contributed by atoms with van der Waals surface area (Å²) in [5.74, 6) is 0. The zero-order valence-electron chi connectivity index (χ0n) is 4.67. The molecule has 0 aromatic rings. The average molecular weight is 117 g/mol. The maximum absolute atomic E-state index is 8.86. The van der Waals surface area contributed by atoms with Gasteiger partial charge in [0.2, 0.25) is 0 Å². The molecule has 3 N–H and O–H groups in total. The second-order valence-corrected chi connectivity index (χ2v) is 2.29. The molecular weight excluding hydrogens is 106 g/mol. The smallest absolute Gasteiger partial charge is 0.132 e. The Morgan fingerprint density at radius 3 is 1.75 bits per heavy atom. The summed E-state index contributed by atoms with van der Waals surface area (Å²) in [6, 6.07) is 0. The number of hydrogen-bond donors (Lipinski definition) is 3. The van der Waals surface area contributed by atoms with Crippen LogP contribution in [0.5, 0.6) is 0 Å². The van der Waals surface area contributed by atoms with E-state index in [-0.39, 0.29) is 0 Å². The molecule has 1 unspecified atom stereocenters. The normalized spacial score (nSPS) is 47.6. The molecule has 1 aliphatic rings. The first-order chi connectivity index (χ1) is 3.70. The van der Waals surface area contributed by atoms with Gasteiger partial charge in [0.1, 0.15) is 12.2 Å². The van der Waals surface area contributed by atoms with E-state index >= 15 is 0 Å². The molecule has 3 nitrogen and oxygen atoms in total. The molecule has 1 saturated heterocycles. The molecule has 3 atom stereocenters. The lowest BCUT2D eigenvalue weighted by atomic mass is 10.3. The number of hydrogen-bond acceptors (Lipinski definition) is 2. The first kappa shape index (κ1) is 6.01. The number of nitrogens with one attached hydrogen (secondary N) is 1. The van der Waals surface area contributed by atoms with Crippen molar-refractivity contribution in [3.8, 4) is 0 Å². The summed E-state index contributed by atoms with van der Waals surface area (Å²) in [5, 5.41) is 17.7. The monoisotopic (exact) mass is 117 g/mol. The molecular formula is C5H11NO2. The van der Waals surface area contributed by atoms with Gasteiger partial charge in [-0.05, 0) is 0 Å². The molecule has 0 aromatic heterocycles. The molecule has 3 heteroatoms. The van der Waals surface area contributed by atoms with Gasteiger partial charge in [0.15, 0.2) is 0 Å². The second-order valence-electron chi connectivity index (χ2n) is 2.29. The topological polar surface area (TPSA) is 44.9 Å². The Morgan fingerprint density at radius 2 is 1.62 bits per heavy atom. The fourth-order valence-electron chi connectivity index (χ4n) is 0.947. The zero-order valence-corrected chi connectivity index (χ0v) is 4.67. The highest BCUT2D eigenvalue weighted by atomic mass is 16.3. The van der Waals surface area contributed by atoms with Crippen molar-refractivity contribution in [2.24, 2.45) is 0 Å². The highest BCUT2D eigenvalue weighted by Gasteiger charge is 2.27. The molecule has 0 aromatic carbocycles. The standard InChI is InChI=1S/C5H11NO2/c1-6-2-4(7)5(8)3-6/h4-8H,1-3H2/t4-,5+. The quantitative estimate of drug-likeness (QED) is 0.305. The third-order valence-electron chi connectivity index (χ3n) is 1.44. The number of quaternary nitrogens is 1.